The fourth-order valence-electron chi connectivity index (χ4n) is 2.32. The van der Waals surface area contributed by atoms with E-state index in [1.807, 2.05) is 6.92 Å². The van der Waals surface area contributed by atoms with Crippen LogP contribution in [-0.4, -0.2) is 47.3 Å². The second-order valence-corrected chi connectivity index (χ2v) is 6.26. The summed E-state index contributed by atoms with van der Waals surface area (Å²) in [5.41, 5.74) is 1.05. The molecule has 0 aromatic heterocycles. The van der Waals surface area contributed by atoms with Crippen molar-refractivity contribution in [3.8, 4) is 5.75 Å². The number of aliphatic hydroxyl groups is 1. The first-order valence-electron chi connectivity index (χ1n) is 7.82. The Bertz CT molecular complexity index is 651. The van der Waals surface area contributed by atoms with Crippen molar-refractivity contribution in [3.05, 3.63) is 47.4 Å². The molecule has 1 aliphatic heterocycles. The summed E-state index contributed by atoms with van der Waals surface area (Å²) < 4.78 is 5.54. The third kappa shape index (κ3) is 3.88. The average molecular weight is 347 g/mol. The van der Waals surface area contributed by atoms with Crippen molar-refractivity contribution in [2.45, 2.75) is 13.3 Å². The Morgan fingerprint density at radius 3 is 2.54 bits per heavy atom. The Balaban J connectivity index is 2.34. The molecule has 0 atom stereocenters. The van der Waals surface area contributed by atoms with Gasteiger partial charge in [0.2, 0.25) is 0 Å². The number of hydrogen-bond acceptors (Lipinski definition) is 5. The molecule has 1 N–H and O–H groups in total. The van der Waals surface area contributed by atoms with E-state index in [9.17, 15) is 9.59 Å². The standard InChI is InChI=1S/C18H21NO4S/c1-3-9-19-17(21)15(16(18(19)22)24-12-10-20)13-5-7-14(8-6-13)23-11-4-2/h3,5-8,20H,1,4,9-12H2,2H3. The van der Waals surface area contributed by atoms with Crippen LogP contribution >= 0.6 is 11.8 Å². The van der Waals surface area contributed by atoms with E-state index < -0.39 is 0 Å². The number of hydrogen-bond donors (Lipinski definition) is 1. The Kier molecular flexibility index (Phi) is 6.63. The van der Waals surface area contributed by atoms with Crippen LogP contribution in [0.15, 0.2) is 41.8 Å². The summed E-state index contributed by atoms with van der Waals surface area (Å²) in [5, 5.41) is 9.04. The van der Waals surface area contributed by atoms with E-state index in [0.29, 0.717) is 28.4 Å². The quantitative estimate of drug-likeness (QED) is 0.549. The highest BCUT2D eigenvalue weighted by atomic mass is 32.2. The smallest absolute Gasteiger partial charge is 0.268 e. The van der Waals surface area contributed by atoms with Crippen LogP contribution in [0, 0.1) is 0 Å². The maximum atomic E-state index is 12.6. The Labute approximate surface area is 146 Å². The highest BCUT2D eigenvalue weighted by molar-refractivity contribution is 8.04. The number of ether oxygens (including phenoxy) is 1. The number of carbonyl (C=O) groups excluding carboxylic acids is 2. The first-order valence-corrected chi connectivity index (χ1v) is 8.80. The average Bonchev–Trinajstić information content (AvgIpc) is 2.83. The number of rotatable bonds is 9. The minimum Gasteiger partial charge on any atom is -0.494 e. The lowest BCUT2D eigenvalue weighted by Gasteiger charge is -2.12. The molecule has 0 radical (unpaired) electrons. The highest BCUT2D eigenvalue weighted by Crippen LogP contribution is 2.36. The lowest BCUT2D eigenvalue weighted by Crippen LogP contribution is -2.31. The van der Waals surface area contributed by atoms with Crippen LogP contribution in [0.2, 0.25) is 0 Å². The van der Waals surface area contributed by atoms with E-state index in [0.717, 1.165) is 12.2 Å². The van der Waals surface area contributed by atoms with E-state index in [1.54, 1.807) is 24.3 Å². The van der Waals surface area contributed by atoms with Crippen molar-refractivity contribution < 1.29 is 19.4 Å². The van der Waals surface area contributed by atoms with Crippen molar-refractivity contribution in [2.24, 2.45) is 0 Å². The van der Waals surface area contributed by atoms with E-state index >= 15 is 0 Å². The maximum Gasteiger partial charge on any atom is 0.268 e. The van der Waals surface area contributed by atoms with Crippen molar-refractivity contribution >= 4 is 29.1 Å². The van der Waals surface area contributed by atoms with Gasteiger partial charge in [0.1, 0.15) is 5.75 Å². The van der Waals surface area contributed by atoms with Gasteiger partial charge in [-0.15, -0.1) is 18.3 Å². The number of amides is 2. The minimum absolute atomic E-state index is 0.0613. The van der Waals surface area contributed by atoms with Gasteiger partial charge in [0.15, 0.2) is 0 Å². The summed E-state index contributed by atoms with van der Waals surface area (Å²) in [6, 6.07) is 7.14. The largest absolute Gasteiger partial charge is 0.494 e. The van der Waals surface area contributed by atoms with E-state index in [-0.39, 0.29) is 25.0 Å². The first-order chi connectivity index (χ1) is 11.6. The number of aliphatic hydroxyl groups excluding tert-OH is 1. The lowest BCUT2D eigenvalue weighted by atomic mass is 10.1. The van der Waals surface area contributed by atoms with Gasteiger partial charge in [-0.05, 0) is 24.1 Å². The molecular formula is C18H21NO4S. The molecule has 24 heavy (non-hydrogen) atoms. The monoisotopic (exact) mass is 347 g/mol. The van der Waals surface area contributed by atoms with E-state index in [4.69, 9.17) is 9.84 Å². The molecule has 0 saturated heterocycles. The zero-order valence-electron chi connectivity index (χ0n) is 13.7. The fraction of sp³-hybridized carbons (Fsp3) is 0.333. The molecule has 0 bridgehead atoms. The molecule has 128 valence electrons. The molecule has 6 heteroatoms. The van der Waals surface area contributed by atoms with Crippen molar-refractivity contribution in [3.63, 3.8) is 0 Å². The van der Waals surface area contributed by atoms with E-state index in [1.165, 1.54) is 22.7 Å². The fourth-order valence-corrected chi connectivity index (χ4v) is 3.20. The van der Waals surface area contributed by atoms with Crippen molar-refractivity contribution in [1.29, 1.82) is 0 Å². The van der Waals surface area contributed by atoms with Gasteiger partial charge in [-0.3, -0.25) is 14.5 Å². The molecule has 0 spiro atoms. The molecule has 5 nitrogen and oxygen atoms in total. The predicted molar refractivity (Wildman–Crippen MR) is 95.6 cm³/mol. The van der Waals surface area contributed by atoms with Gasteiger partial charge in [0.05, 0.1) is 23.7 Å². The first kappa shape index (κ1) is 18.3. The number of imide groups is 1. The molecule has 2 amide bonds. The number of benzene rings is 1. The molecule has 0 unspecified atom stereocenters. The van der Waals surface area contributed by atoms with Crippen LogP contribution in [0.3, 0.4) is 0 Å². The molecule has 2 rings (SSSR count). The third-order valence-corrected chi connectivity index (χ3v) is 4.44. The summed E-state index contributed by atoms with van der Waals surface area (Å²) in [7, 11) is 0. The predicted octanol–water partition coefficient (Wildman–Crippen LogP) is 2.47. The van der Waals surface area contributed by atoms with Crippen LogP contribution in [0.25, 0.3) is 5.57 Å². The van der Waals surface area contributed by atoms with Crippen LogP contribution in [0.1, 0.15) is 18.9 Å². The van der Waals surface area contributed by atoms with Crippen LogP contribution < -0.4 is 4.74 Å². The molecule has 1 heterocycles. The van der Waals surface area contributed by atoms with Gasteiger partial charge >= 0.3 is 0 Å². The summed E-state index contributed by atoms with van der Waals surface area (Å²) in [5.74, 6) is 0.421. The normalized spacial score (nSPS) is 14.5. The van der Waals surface area contributed by atoms with Gasteiger partial charge in [0, 0.05) is 12.3 Å². The Morgan fingerprint density at radius 2 is 1.96 bits per heavy atom. The Morgan fingerprint density at radius 1 is 1.25 bits per heavy atom. The lowest BCUT2D eigenvalue weighted by molar-refractivity contribution is -0.135. The maximum absolute atomic E-state index is 12.6. The van der Waals surface area contributed by atoms with Gasteiger partial charge in [0.25, 0.3) is 11.8 Å². The number of carbonyl (C=O) groups is 2. The van der Waals surface area contributed by atoms with Gasteiger partial charge < -0.3 is 9.84 Å². The number of thioether (sulfide) groups is 1. The molecule has 1 aromatic rings. The summed E-state index contributed by atoms with van der Waals surface area (Å²) in [4.78, 5) is 26.6. The summed E-state index contributed by atoms with van der Waals surface area (Å²) >= 11 is 1.20. The summed E-state index contributed by atoms with van der Waals surface area (Å²) in [6.07, 6.45) is 2.44. The SMILES string of the molecule is C=CCN1C(=O)C(SCCO)=C(c2ccc(OCCC)cc2)C1=O. The molecule has 0 fully saturated rings. The summed E-state index contributed by atoms with van der Waals surface area (Å²) in [6.45, 7) is 6.36. The molecule has 0 saturated carbocycles. The molecule has 1 aliphatic rings. The van der Waals surface area contributed by atoms with Crippen LogP contribution in [0.5, 0.6) is 5.75 Å². The Hall–Kier alpha value is -2.05. The molecule has 1 aromatic carbocycles. The molecular weight excluding hydrogens is 326 g/mol. The second kappa shape index (κ2) is 8.70. The van der Waals surface area contributed by atoms with Crippen molar-refractivity contribution in [2.75, 3.05) is 25.5 Å². The van der Waals surface area contributed by atoms with Gasteiger partial charge in [-0.25, -0.2) is 0 Å². The van der Waals surface area contributed by atoms with Crippen molar-refractivity contribution in [1.82, 2.24) is 4.90 Å². The zero-order chi connectivity index (χ0) is 17.5. The third-order valence-electron chi connectivity index (χ3n) is 3.39. The van der Waals surface area contributed by atoms with Crippen LogP contribution in [0.4, 0.5) is 0 Å². The highest BCUT2D eigenvalue weighted by Gasteiger charge is 2.38. The van der Waals surface area contributed by atoms with Crippen LogP contribution in [-0.2, 0) is 9.59 Å². The molecule has 0 aliphatic carbocycles. The number of nitrogens with zero attached hydrogens (tertiary/aromatic N) is 1. The topological polar surface area (TPSA) is 66.8 Å². The second-order valence-electron chi connectivity index (χ2n) is 5.16. The van der Waals surface area contributed by atoms with Gasteiger partial charge in [-0.1, -0.05) is 25.1 Å². The van der Waals surface area contributed by atoms with Gasteiger partial charge in [-0.2, -0.15) is 0 Å². The zero-order valence-corrected chi connectivity index (χ0v) is 14.5. The minimum atomic E-state index is -0.334. The van der Waals surface area contributed by atoms with E-state index in [2.05, 4.69) is 6.58 Å².